The fourth-order valence-electron chi connectivity index (χ4n) is 2.29. The van der Waals surface area contributed by atoms with Crippen LogP contribution in [0.3, 0.4) is 0 Å². The van der Waals surface area contributed by atoms with Gasteiger partial charge in [0.15, 0.2) is 11.5 Å². The van der Waals surface area contributed by atoms with Gasteiger partial charge < -0.3 is 19.7 Å². The van der Waals surface area contributed by atoms with Crippen LogP contribution in [0.15, 0.2) is 22.7 Å². The standard InChI is InChI=1S/C13H12N2O3/c14-13-11(12(15-18-13)7-1-2-7)8-3-4-9-10(5-8)17-6-16-9/h3-5,7H,1-2,6,14H2. The lowest BCUT2D eigenvalue weighted by Gasteiger charge is -2.03. The van der Waals surface area contributed by atoms with Gasteiger partial charge in [-0.05, 0) is 30.5 Å². The molecule has 1 fully saturated rings. The highest BCUT2D eigenvalue weighted by atomic mass is 16.7. The highest BCUT2D eigenvalue weighted by molar-refractivity contribution is 5.77. The number of nitrogens with zero attached hydrogens (tertiary/aromatic N) is 1. The van der Waals surface area contributed by atoms with E-state index in [-0.39, 0.29) is 6.79 Å². The molecule has 2 N–H and O–H groups in total. The summed E-state index contributed by atoms with van der Waals surface area (Å²) in [4.78, 5) is 0. The van der Waals surface area contributed by atoms with Gasteiger partial charge in [-0.25, -0.2) is 0 Å². The van der Waals surface area contributed by atoms with Gasteiger partial charge in [-0.2, -0.15) is 0 Å². The summed E-state index contributed by atoms with van der Waals surface area (Å²) in [5, 5.41) is 4.08. The van der Waals surface area contributed by atoms with Crippen LogP contribution < -0.4 is 15.2 Å². The van der Waals surface area contributed by atoms with Crippen LogP contribution in [0.4, 0.5) is 5.88 Å². The van der Waals surface area contributed by atoms with Crippen molar-refractivity contribution in [2.75, 3.05) is 12.5 Å². The van der Waals surface area contributed by atoms with Crippen molar-refractivity contribution in [2.24, 2.45) is 0 Å². The second-order valence-corrected chi connectivity index (χ2v) is 4.65. The lowest BCUT2D eigenvalue weighted by atomic mass is 10.0. The fraction of sp³-hybridized carbons (Fsp3) is 0.308. The van der Waals surface area contributed by atoms with E-state index in [0.717, 1.165) is 41.2 Å². The zero-order valence-corrected chi connectivity index (χ0v) is 9.68. The maximum Gasteiger partial charge on any atom is 0.231 e. The third-order valence-electron chi connectivity index (χ3n) is 3.37. The van der Waals surface area contributed by atoms with Crippen LogP contribution in [0.2, 0.25) is 0 Å². The number of anilines is 1. The molecule has 0 amide bonds. The summed E-state index contributed by atoms with van der Waals surface area (Å²) < 4.78 is 15.8. The Morgan fingerprint density at radius 2 is 2.00 bits per heavy atom. The molecule has 92 valence electrons. The third-order valence-corrected chi connectivity index (χ3v) is 3.37. The third kappa shape index (κ3) is 1.37. The normalized spacial score (nSPS) is 17.1. The van der Waals surface area contributed by atoms with Crippen molar-refractivity contribution in [3.05, 3.63) is 23.9 Å². The SMILES string of the molecule is Nc1onc(C2CC2)c1-c1ccc2c(c1)OCO2. The molecule has 2 aromatic rings. The Bertz CT molecular complexity index is 617. The highest BCUT2D eigenvalue weighted by Crippen LogP contribution is 2.47. The summed E-state index contributed by atoms with van der Waals surface area (Å²) in [7, 11) is 0. The Hall–Kier alpha value is -2.17. The summed E-state index contributed by atoms with van der Waals surface area (Å²) in [5.41, 5.74) is 8.72. The van der Waals surface area contributed by atoms with E-state index in [1.165, 1.54) is 0 Å². The molecule has 0 spiro atoms. The number of ether oxygens (including phenoxy) is 2. The number of benzene rings is 1. The molecule has 0 radical (unpaired) electrons. The largest absolute Gasteiger partial charge is 0.454 e. The quantitative estimate of drug-likeness (QED) is 0.878. The van der Waals surface area contributed by atoms with Crippen LogP contribution in [-0.4, -0.2) is 11.9 Å². The molecule has 5 nitrogen and oxygen atoms in total. The zero-order chi connectivity index (χ0) is 12.1. The molecular weight excluding hydrogens is 232 g/mol. The minimum absolute atomic E-state index is 0.271. The Balaban J connectivity index is 1.85. The highest BCUT2D eigenvalue weighted by Gasteiger charge is 2.32. The summed E-state index contributed by atoms with van der Waals surface area (Å²) in [6, 6.07) is 5.78. The number of nitrogen functional groups attached to an aromatic ring is 1. The van der Waals surface area contributed by atoms with Gasteiger partial charge in [0.2, 0.25) is 12.7 Å². The van der Waals surface area contributed by atoms with Gasteiger partial charge in [-0.3, -0.25) is 0 Å². The molecule has 1 aliphatic heterocycles. The topological polar surface area (TPSA) is 70.5 Å². The van der Waals surface area contributed by atoms with Crippen LogP contribution in [0.5, 0.6) is 11.5 Å². The van der Waals surface area contributed by atoms with Gasteiger partial charge in [-0.15, -0.1) is 0 Å². The van der Waals surface area contributed by atoms with Crippen molar-refractivity contribution in [3.63, 3.8) is 0 Å². The molecule has 1 aromatic carbocycles. The van der Waals surface area contributed by atoms with Gasteiger partial charge in [0.05, 0.1) is 11.3 Å². The molecule has 0 bridgehead atoms. The Morgan fingerprint density at radius 1 is 1.17 bits per heavy atom. The molecule has 1 aromatic heterocycles. The van der Waals surface area contributed by atoms with Crippen LogP contribution >= 0.6 is 0 Å². The monoisotopic (exact) mass is 244 g/mol. The summed E-state index contributed by atoms with van der Waals surface area (Å²) >= 11 is 0. The Morgan fingerprint density at radius 3 is 2.83 bits per heavy atom. The van der Waals surface area contributed by atoms with E-state index in [9.17, 15) is 0 Å². The Kier molecular flexibility index (Phi) is 1.86. The number of rotatable bonds is 2. The second kappa shape index (κ2) is 3.41. The van der Waals surface area contributed by atoms with Gasteiger partial charge in [0.25, 0.3) is 0 Å². The van der Waals surface area contributed by atoms with Crippen LogP contribution in [0, 0.1) is 0 Å². The first-order valence-electron chi connectivity index (χ1n) is 5.98. The van der Waals surface area contributed by atoms with Gasteiger partial charge in [-0.1, -0.05) is 11.2 Å². The van der Waals surface area contributed by atoms with Crippen molar-refractivity contribution in [1.82, 2.24) is 5.16 Å². The predicted octanol–water partition coefficient (Wildman–Crippen LogP) is 2.53. The van der Waals surface area contributed by atoms with Crippen LogP contribution in [0.25, 0.3) is 11.1 Å². The molecule has 2 heterocycles. The van der Waals surface area contributed by atoms with Crippen LogP contribution in [-0.2, 0) is 0 Å². The second-order valence-electron chi connectivity index (χ2n) is 4.65. The zero-order valence-electron chi connectivity index (χ0n) is 9.68. The summed E-state index contributed by atoms with van der Waals surface area (Å²) in [6.45, 7) is 0.271. The fourth-order valence-corrected chi connectivity index (χ4v) is 2.29. The van der Waals surface area contributed by atoms with E-state index in [2.05, 4.69) is 5.16 Å². The Labute approximate surface area is 103 Å². The average molecular weight is 244 g/mol. The molecule has 0 atom stereocenters. The molecule has 2 aliphatic rings. The molecule has 4 rings (SSSR count). The van der Waals surface area contributed by atoms with E-state index in [1.807, 2.05) is 18.2 Å². The number of fused-ring (bicyclic) bond motifs is 1. The first-order valence-corrected chi connectivity index (χ1v) is 5.98. The van der Waals surface area contributed by atoms with Crippen molar-refractivity contribution >= 4 is 5.88 Å². The summed E-state index contributed by atoms with van der Waals surface area (Å²) in [5.74, 6) is 2.37. The van der Waals surface area contributed by atoms with E-state index in [1.54, 1.807) is 0 Å². The van der Waals surface area contributed by atoms with Gasteiger partial charge >= 0.3 is 0 Å². The van der Waals surface area contributed by atoms with Gasteiger partial charge in [0, 0.05) is 5.92 Å². The number of hydrogen-bond acceptors (Lipinski definition) is 5. The maximum atomic E-state index is 5.88. The number of hydrogen-bond donors (Lipinski definition) is 1. The van der Waals surface area contributed by atoms with E-state index in [0.29, 0.717) is 11.8 Å². The van der Waals surface area contributed by atoms with Crippen molar-refractivity contribution < 1.29 is 14.0 Å². The van der Waals surface area contributed by atoms with Gasteiger partial charge in [0.1, 0.15) is 0 Å². The minimum Gasteiger partial charge on any atom is -0.454 e. The maximum absolute atomic E-state index is 5.88. The first-order chi connectivity index (χ1) is 8.83. The molecule has 1 aliphatic carbocycles. The molecule has 18 heavy (non-hydrogen) atoms. The predicted molar refractivity (Wildman–Crippen MR) is 64.4 cm³/mol. The molecule has 0 saturated heterocycles. The lowest BCUT2D eigenvalue weighted by Crippen LogP contribution is -1.93. The lowest BCUT2D eigenvalue weighted by molar-refractivity contribution is 0.174. The van der Waals surface area contributed by atoms with E-state index in [4.69, 9.17) is 19.7 Å². The minimum atomic E-state index is 0.271. The molecule has 5 heteroatoms. The van der Waals surface area contributed by atoms with E-state index < -0.39 is 0 Å². The molecular formula is C13H12N2O3. The number of aromatic nitrogens is 1. The van der Waals surface area contributed by atoms with E-state index >= 15 is 0 Å². The van der Waals surface area contributed by atoms with Crippen molar-refractivity contribution in [2.45, 2.75) is 18.8 Å². The van der Waals surface area contributed by atoms with Crippen LogP contribution in [0.1, 0.15) is 24.5 Å². The summed E-state index contributed by atoms with van der Waals surface area (Å²) in [6.07, 6.45) is 2.31. The molecule has 1 saturated carbocycles. The smallest absolute Gasteiger partial charge is 0.231 e. The molecule has 0 unspecified atom stereocenters. The average Bonchev–Trinajstić information content (AvgIpc) is 2.99. The first kappa shape index (κ1) is 9.82. The van der Waals surface area contributed by atoms with Crippen molar-refractivity contribution in [1.29, 1.82) is 0 Å². The van der Waals surface area contributed by atoms with Crippen molar-refractivity contribution in [3.8, 4) is 22.6 Å². The number of nitrogens with two attached hydrogens (primary N) is 1.